The van der Waals surface area contributed by atoms with Crippen LogP contribution in [0.1, 0.15) is 40.0 Å². The first kappa shape index (κ1) is 23.8. The zero-order chi connectivity index (χ0) is 22.9. The van der Waals surface area contributed by atoms with E-state index in [0.717, 1.165) is 25.0 Å². The maximum Gasteiger partial charge on any atom is 0.200 e. The van der Waals surface area contributed by atoms with Crippen LogP contribution in [0.2, 0.25) is 0 Å². The minimum absolute atomic E-state index is 0.0356. The predicted octanol–water partition coefficient (Wildman–Crippen LogP) is 6.04. The van der Waals surface area contributed by atoms with Crippen LogP contribution in [0.15, 0.2) is 41.1 Å². The molecule has 0 saturated carbocycles. The van der Waals surface area contributed by atoms with Crippen LogP contribution in [0, 0.1) is 0 Å². The highest BCUT2D eigenvalue weighted by molar-refractivity contribution is 9.10. The van der Waals surface area contributed by atoms with E-state index in [1.165, 1.54) is 0 Å². The van der Waals surface area contributed by atoms with E-state index >= 15 is 0 Å². The van der Waals surface area contributed by atoms with Gasteiger partial charge in [0, 0.05) is 12.1 Å². The molecule has 0 bridgehead atoms. The largest absolute Gasteiger partial charge is 0.507 e. The van der Waals surface area contributed by atoms with E-state index in [0.29, 0.717) is 58.8 Å². The number of nitrogens with zero attached hydrogens (tertiary/aromatic N) is 3. The fraction of sp³-hybridized carbons (Fsp3) is 0.375. The Morgan fingerprint density at radius 2 is 1.25 bits per heavy atom. The Bertz CT molecular complexity index is 1050. The average molecular weight is 502 g/mol. The lowest BCUT2D eigenvalue weighted by atomic mass is 10.1. The van der Waals surface area contributed by atoms with E-state index in [2.05, 4.69) is 37.8 Å². The maximum atomic E-state index is 10.5. The molecular formula is C24H28BrN3O4. The molecular weight excluding hydrogens is 474 g/mol. The van der Waals surface area contributed by atoms with E-state index in [4.69, 9.17) is 14.2 Å². The highest BCUT2D eigenvalue weighted by atomic mass is 79.9. The minimum atomic E-state index is 0.0356. The summed E-state index contributed by atoms with van der Waals surface area (Å²) in [6.45, 7) is 7.91. The second-order valence-electron chi connectivity index (χ2n) is 7.13. The van der Waals surface area contributed by atoms with Crippen molar-refractivity contribution in [2.24, 2.45) is 0 Å². The Kier molecular flexibility index (Phi) is 8.67. The van der Waals surface area contributed by atoms with Crippen LogP contribution in [-0.4, -0.2) is 39.9 Å². The van der Waals surface area contributed by atoms with Gasteiger partial charge in [0.1, 0.15) is 23.0 Å². The summed E-state index contributed by atoms with van der Waals surface area (Å²) >= 11 is 3.37. The van der Waals surface area contributed by atoms with E-state index in [1.54, 1.807) is 18.2 Å². The Hall–Kier alpha value is -2.87. The van der Waals surface area contributed by atoms with Gasteiger partial charge in [-0.1, -0.05) is 20.8 Å². The van der Waals surface area contributed by atoms with E-state index < -0.39 is 0 Å². The third-order valence-corrected chi connectivity index (χ3v) is 4.77. The fourth-order valence-electron chi connectivity index (χ4n) is 2.93. The van der Waals surface area contributed by atoms with Crippen LogP contribution >= 0.6 is 15.9 Å². The van der Waals surface area contributed by atoms with Gasteiger partial charge in [-0.15, -0.1) is 0 Å². The van der Waals surface area contributed by atoms with Crippen molar-refractivity contribution in [2.75, 3.05) is 19.8 Å². The standard InChI is InChI=1S/C24H28BrN3O4/c1-4-11-30-16-7-9-18(20(29)14-16)22-26-23(28-24(25)27-22)19-10-8-17(31-12-5-2)15-21(19)32-13-6-3/h7-10,14-15,29H,4-6,11-13H2,1-3H3. The van der Waals surface area contributed by atoms with Gasteiger partial charge < -0.3 is 19.3 Å². The number of phenolic OH excluding ortho intramolecular Hbond substituents is 1. The molecule has 0 atom stereocenters. The third kappa shape index (κ3) is 6.09. The molecule has 170 valence electrons. The number of aromatic hydroxyl groups is 1. The molecule has 0 aliphatic heterocycles. The Labute approximate surface area is 196 Å². The molecule has 3 aromatic rings. The van der Waals surface area contributed by atoms with E-state index in [9.17, 15) is 5.11 Å². The highest BCUT2D eigenvalue weighted by Gasteiger charge is 2.17. The summed E-state index contributed by atoms with van der Waals surface area (Å²) < 4.78 is 17.7. The molecule has 0 aliphatic rings. The zero-order valence-electron chi connectivity index (χ0n) is 18.6. The van der Waals surface area contributed by atoms with E-state index in [-0.39, 0.29) is 5.75 Å². The number of phenols is 1. The molecule has 32 heavy (non-hydrogen) atoms. The number of benzene rings is 2. The second kappa shape index (κ2) is 11.7. The first-order valence-electron chi connectivity index (χ1n) is 10.8. The van der Waals surface area contributed by atoms with Crippen molar-refractivity contribution in [3.63, 3.8) is 0 Å². The van der Waals surface area contributed by atoms with Gasteiger partial charge in [-0.3, -0.25) is 0 Å². The average Bonchev–Trinajstić information content (AvgIpc) is 2.79. The van der Waals surface area contributed by atoms with Crippen molar-refractivity contribution in [3.05, 3.63) is 41.1 Å². The summed E-state index contributed by atoms with van der Waals surface area (Å²) in [5.74, 6) is 2.77. The van der Waals surface area contributed by atoms with Crippen molar-refractivity contribution < 1.29 is 19.3 Å². The molecule has 0 amide bonds. The molecule has 8 heteroatoms. The molecule has 0 aliphatic carbocycles. The molecule has 7 nitrogen and oxygen atoms in total. The fourth-order valence-corrected chi connectivity index (χ4v) is 3.27. The van der Waals surface area contributed by atoms with Crippen molar-refractivity contribution >= 4 is 15.9 Å². The van der Waals surface area contributed by atoms with Crippen LogP contribution in [0.25, 0.3) is 22.8 Å². The van der Waals surface area contributed by atoms with Gasteiger partial charge in [-0.2, -0.15) is 0 Å². The van der Waals surface area contributed by atoms with Crippen LogP contribution < -0.4 is 14.2 Å². The third-order valence-electron chi connectivity index (χ3n) is 4.42. The highest BCUT2D eigenvalue weighted by Crippen LogP contribution is 2.35. The van der Waals surface area contributed by atoms with Gasteiger partial charge in [0.15, 0.2) is 11.6 Å². The molecule has 1 heterocycles. The van der Waals surface area contributed by atoms with Gasteiger partial charge in [0.25, 0.3) is 0 Å². The monoisotopic (exact) mass is 501 g/mol. The van der Waals surface area contributed by atoms with Crippen LogP contribution in [0.4, 0.5) is 0 Å². The first-order valence-corrected chi connectivity index (χ1v) is 11.6. The Morgan fingerprint density at radius 1 is 0.719 bits per heavy atom. The molecule has 0 fully saturated rings. The molecule has 1 N–H and O–H groups in total. The van der Waals surface area contributed by atoms with Gasteiger partial charge in [0.2, 0.25) is 4.73 Å². The van der Waals surface area contributed by atoms with Crippen LogP contribution in [0.3, 0.4) is 0 Å². The lowest BCUT2D eigenvalue weighted by molar-refractivity contribution is 0.302. The number of rotatable bonds is 11. The van der Waals surface area contributed by atoms with Crippen molar-refractivity contribution in [1.82, 2.24) is 15.0 Å². The summed E-state index contributed by atoms with van der Waals surface area (Å²) in [7, 11) is 0. The summed E-state index contributed by atoms with van der Waals surface area (Å²) in [4.78, 5) is 13.4. The number of halogens is 1. The summed E-state index contributed by atoms with van der Waals surface area (Å²) in [6.07, 6.45) is 2.67. The van der Waals surface area contributed by atoms with Crippen LogP contribution in [0.5, 0.6) is 23.0 Å². The molecule has 2 aromatic carbocycles. The van der Waals surface area contributed by atoms with Gasteiger partial charge in [-0.05, 0) is 59.5 Å². The van der Waals surface area contributed by atoms with Crippen molar-refractivity contribution in [2.45, 2.75) is 40.0 Å². The second-order valence-corrected chi connectivity index (χ2v) is 7.84. The number of ether oxygens (including phenoxy) is 3. The number of aromatic nitrogens is 3. The SMILES string of the molecule is CCCOc1ccc(-c2nc(Br)nc(-c3ccc(OCCC)cc3OCCC)n2)c(O)c1. The van der Waals surface area contributed by atoms with Gasteiger partial charge >= 0.3 is 0 Å². The number of hydrogen-bond donors (Lipinski definition) is 1. The maximum absolute atomic E-state index is 10.5. The topological polar surface area (TPSA) is 86.6 Å². The normalized spacial score (nSPS) is 10.8. The Balaban J connectivity index is 1.99. The van der Waals surface area contributed by atoms with Gasteiger partial charge in [0.05, 0.1) is 30.9 Å². The van der Waals surface area contributed by atoms with Crippen molar-refractivity contribution in [3.8, 4) is 45.8 Å². The summed E-state index contributed by atoms with van der Waals surface area (Å²) in [5, 5.41) is 10.5. The first-order chi connectivity index (χ1) is 15.5. The molecule has 0 spiro atoms. The summed E-state index contributed by atoms with van der Waals surface area (Å²) in [5.41, 5.74) is 1.20. The zero-order valence-corrected chi connectivity index (χ0v) is 20.2. The van der Waals surface area contributed by atoms with Gasteiger partial charge in [-0.25, -0.2) is 15.0 Å². The number of hydrogen-bond acceptors (Lipinski definition) is 7. The lowest BCUT2D eigenvalue weighted by Gasteiger charge is -2.14. The quantitative estimate of drug-likeness (QED) is 0.342. The van der Waals surface area contributed by atoms with E-state index in [1.807, 2.05) is 32.0 Å². The molecule has 0 radical (unpaired) electrons. The molecule has 0 unspecified atom stereocenters. The van der Waals surface area contributed by atoms with Crippen LogP contribution in [-0.2, 0) is 0 Å². The van der Waals surface area contributed by atoms with Crippen molar-refractivity contribution in [1.29, 1.82) is 0 Å². The smallest absolute Gasteiger partial charge is 0.200 e. The minimum Gasteiger partial charge on any atom is -0.507 e. The lowest BCUT2D eigenvalue weighted by Crippen LogP contribution is -2.03. The predicted molar refractivity (Wildman–Crippen MR) is 127 cm³/mol. The summed E-state index contributed by atoms with van der Waals surface area (Å²) in [6, 6.07) is 10.7. The molecule has 1 aromatic heterocycles. The molecule has 0 saturated heterocycles. The molecule has 3 rings (SSSR count). The Morgan fingerprint density at radius 3 is 1.84 bits per heavy atom.